The molecule has 0 spiro atoms. The lowest BCUT2D eigenvalue weighted by molar-refractivity contribution is -0.157. The molecular formula is C16H20Br2F3N3O. The van der Waals surface area contributed by atoms with Crippen LogP contribution < -0.4 is 10.6 Å². The fourth-order valence-electron chi connectivity index (χ4n) is 2.79. The molecule has 0 radical (unpaired) electrons. The number of nitrogens with zero attached hydrogens (tertiary/aromatic N) is 1. The van der Waals surface area contributed by atoms with E-state index in [0.717, 1.165) is 34.9 Å². The van der Waals surface area contributed by atoms with Crippen LogP contribution in [0.5, 0.6) is 0 Å². The molecule has 25 heavy (non-hydrogen) atoms. The van der Waals surface area contributed by atoms with Crippen LogP contribution in [0.15, 0.2) is 27.1 Å². The molecule has 1 aliphatic heterocycles. The molecule has 1 aromatic carbocycles. The molecule has 0 aliphatic carbocycles. The summed E-state index contributed by atoms with van der Waals surface area (Å²) in [7, 11) is 0. The molecule has 1 amide bonds. The topological polar surface area (TPSA) is 44.4 Å². The van der Waals surface area contributed by atoms with Gasteiger partial charge in [0.2, 0.25) is 0 Å². The van der Waals surface area contributed by atoms with Crippen LogP contribution in [0.25, 0.3) is 0 Å². The van der Waals surface area contributed by atoms with Gasteiger partial charge in [-0.3, -0.25) is 4.79 Å². The van der Waals surface area contributed by atoms with Crippen molar-refractivity contribution in [2.75, 3.05) is 32.7 Å². The molecule has 140 valence electrons. The molecule has 0 saturated carbocycles. The molecule has 1 aromatic rings. The minimum Gasteiger partial charge on any atom is -0.352 e. The largest absolute Gasteiger partial charge is 0.457 e. The first-order chi connectivity index (χ1) is 11.7. The summed E-state index contributed by atoms with van der Waals surface area (Å²) in [6.45, 7) is 2.37. The summed E-state index contributed by atoms with van der Waals surface area (Å²) in [6, 6.07) is 5.38. The third kappa shape index (κ3) is 7.64. The van der Waals surface area contributed by atoms with E-state index in [2.05, 4.69) is 37.2 Å². The normalized spacial score (nSPS) is 16.8. The quantitative estimate of drug-likeness (QED) is 0.602. The zero-order valence-electron chi connectivity index (χ0n) is 13.5. The predicted molar refractivity (Wildman–Crippen MR) is 97.4 cm³/mol. The molecule has 0 unspecified atom stereocenters. The molecule has 1 aliphatic rings. The lowest BCUT2D eigenvalue weighted by Gasteiger charge is -2.32. The first-order valence-corrected chi connectivity index (χ1v) is 9.60. The van der Waals surface area contributed by atoms with E-state index in [4.69, 9.17) is 0 Å². The molecular weight excluding hydrogens is 467 g/mol. The first kappa shape index (κ1) is 20.7. The molecule has 0 aromatic heterocycles. The molecule has 0 bridgehead atoms. The van der Waals surface area contributed by atoms with Crippen molar-refractivity contribution < 1.29 is 18.0 Å². The van der Waals surface area contributed by atoms with E-state index in [1.54, 1.807) is 17.4 Å². The van der Waals surface area contributed by atoms with Crippen molar-refractivity contribution >= 4 is 37.8 Å². The second kappa shape index (κ2) is 9.34. The summed E-state index contributed by atoms with van der Waals surface area (Å²) in [6.07, 6.45) is -2.58. The van der Waals surface area contributed by atoms with Gasteiger partial charge in [-0.15, -0.1) is 0 Å². The van der Waals surface area contributed by atoms with Gasteiger partial charge in [0, 0.05) is 34.1 Å². The Labute approximate surface area is 161 Å². The Morgan fingerprint density at radius 2 is 1.76 bits per heavy atom. The van der Waals surface area contributed by atoms with Gasteiger partial charge in [-0.1, -0.05) is 31.9 Å². The molecule has 1 fully saturated rings. The molecule has 1 saturated heterocycles. The second-order valence-corrected chi connectivity index (χ2v) is 7.91. The smallest absolute Gasteiger partial charge is 0.352 e. The molecule has 9 heteroatoms. The molecule has 1 heterocycles. The lowest BCUT2D eigenvalue weighted by Crippen LogP contribution is -2.43. The fraction of sp³-hybridized carbons (Fsp3) is 0.562. The van der Waals surface area contributed by atoms with E-state index in [9.17, 15) is 18.0 Å². The monoisotopic (exact) mass is 485 g/mol. The molecule has 2 rings (SSSR count). The first-order valence-electron chi connectivity index (χ1n) is 8.01. The van der Waals surface area contributed by atoms with E-state index in [0.29, 0.717) is 24.6 Å². The van der Waals surface area contributed by atoms with Crippen molar-refractivity contribution in [1.29, 1.82) is 0 Å². The van der Waals surface area contributed by atoms with Gasteiger partial charge in [0.1, 0.15) is 0 Å². The van der Waals surface area contributed by atoms with Crippen LogP contribution in [0.3, 0.4) is 0 Å². The second-order valence-electron chi connectivity index (χ2n) is 6.08. The van der Waals surface area contributed by atoms with Crippen LogP contribution in [0.4, 0.5) is 13.2 Å². The summed E-state index contributed by atoms with van der Waals surface area (Å²) in [5, 5.41) is 4.48. The maximum Gasteiger partial charge on any atom is 0.457 e. The highest BCUT2D eigenvalue weighted by Gasteiger charge is 2.26. The maximum atomic E-state index is 12.2. The number of hydrogen-bond acceptors (Lipinski definition) is 3. The van der Waals surface area contributed by atoms with Gasteiger partial charge in [-0.05, 0) is 50.0 Å². The highest BCUT2D eigenvalue weighted by molar-refractivity contribution is 9.11. The van der Waals surface area contributed by atoms with Crippen molar-refractivity contribution in [3.05, 3.63) is 32.7 Å². The summed E-state index contributed by atoms with van der Waals surface area (Å²) < 4.78 is 37.8. The van der Waals surface area contributed by atoms with Crippen molar-refractivity contribution in [3.8, 4) is 0 Å². The molecule has 0 atom stereocenters. The Hall–Kier alpha value is -0.640. The third-order valence-electron chi connectivity index (χ3n) is 4.14. The number of carbonyl (C=O) groups is 1. The van der Waals surface area contributed by atoms with Crippen molar-refractivity contribution in [2.24, 2.45) is 5.92 Å². The number of alkyl halides is 3. The van der Waals surface area contributed by atoms with Gasteiger partial charge in [0.15, 0.2) is 0 Å². The van der Waals surface area contributed by atoms with E-state index < -0.39 is 6.30 Å². The zero-order chi connectivity index (χ0) is 18.4. The number of likely N-dealkylation sites (tertiary alicyclic amines) is 1. The Bertz CT molecular complexity index is 570. The molecule has 4 nitrogen and oxygen atoms in total. The molecule has 2 N–H and O–H groups in total. The number of piperidine rings is 1. The number of hydrogen-bond donors (Lipinski definition) is 2. The van der Waals surface area contributed by atoms with Crippen LogP contribution in [0, 0.1) is 5.92 Å². The number of rotatable bonds is 6. The van der Waals surface area contributed by atoms with Crippen LogP contribution in [0.1, 0.15) is 23.2 Å². The van der Waals surface area contributed by atoms with Gasteiger partial charge in [-0.2, -0.15) is 13.2 Å². The van der Waals surface area contributed by atoms with E-state index in [1.165, 1.54) is 0 Å². The number of halogens is 5. The van der Waals surface area contributed by atoms with Crippen LogP contribution in [0.2, 0.25) is 0 Å². The third-order valence-corrected chi connectivity index (χ3v) is 5.05. The number of benzene rings is 1. The van der Waals surface area contributed by atoms with Gasteiger partial charge >= 0.3 is 6.30 Å². The Kier molecular flexibility index (Phi) is 7.72. The summed E-state index contributed by atoms with van der Waals surface area (Å²) in [4.78, 5) is 14.2. The van der Waals surface area contributed by atoms with Crippen molar-refractivity contribution in [2.45, 2.75) is 19.1 Å². The highest BCUT2D eigenvalue weighted by atomic mass is 79.9. The zero-order valence-corrected chi connectivity index (χ0v) is 16.7. The standard InChI is InChI=1S/C16H20Br2F3N3O/c17-13-7-12(8-14(18)9-13)15(25)22-10-11-1-4-24(5-2-11)6-3-23-16(19,20)21/h7-9,11,23H,1-6,10H2,(H,22,25). The van der Waals surface area contributed by atoms with Gasteiger partial charge in [0.05, 0.1) is 0 Å². The lowest BCUT2D eigenvalue weighted by atomic mass is 9.96. The summed E-state index contributed by atoms with van der Waals surface area (Å²) >= 11 is 6.71. The number of amides is 1. The highest BCUT2D eigenvalue weighted by Crippen LogP contribution is 2.21. The van der Waals surface area contributed by atoms with E-state index in [1.807, 2.05) is 11.0 Å². The van der Waals surface area contributed by atoms with Crippen LogP contribution in [-0.4, -0.2) is 49.8 Å². The maximum absolute atomic E-state index is 12.2. The van der Waals surface area contributed by atoms with Crippen LogP contribution >= 0.6 is 31.9 Å². The predicted octanol–water partition coefficient (Wildman–Crippen LogP) is 3.76. The van der Waals surface area contributed by atoms with Gasteiger partial charge < -0.3 is 10.2 Å². The van der Waals surface area contributed by atoms with Gasteiger partial charge in [-0.25, -0.2) is 5.32 Å². The minimum absolute atomic E-state index is 0.0946. The minimum atomic E-state index is -4.32. The van der Waals surface area contributed by atoms with E-state index in [-0.39, 0.29) is 12.5 Å². The Balaban J connectivity index is 1.69. The van der Waals surface area contributed by atoms with Crippen molar-refractivity contribution in [3.63, 3.8) is 0 Å². The SMILES string of the molecule is O=C(NCC1CCN(CCNC(F)(F)F)CC1)c1cc(Br)cc(Br)c1. The summed E-state index contributed by atoms with van der Waals surface area (Å²) in [5.74, 6) is 0.227. The van der Waals surface area contributed by atoms with E-state index >= 15 is 0 Å². The average Bonchev–Trinajstić information content (AvgIpc) is 2.51. The number of nitrogens with one attached hydrogen (secondary N) is 2. The summed E-state index contributed by atoms with van der Waals surface area (Å²) in [5.41, 5.74) is 0.580. The number of carbonyl (C=O) groups excluding carboxylic acids is 1. The van der Waals surface area contributed by atoms with Gasteiger partial charge in [0.25, 0.3) is 5.91 Å². The Morgan fingerprint density at radius 1 is 1.16 bits per heavy atom. The van der Waals surface area contributed by atoms with Crippen LogP contribution in [-0.2, 0) is 0 Å². The fourth-order valence-corrected chi connectivity index (χ4v) is 4.09. The van der Waals surface area contributed by atoms with Crippen molar-refractivity contribution in [1.82, 2.24) is 15.5 Å². The Morgan fingerprint density at radius 3 is 2.32 bits per heavy atom. The average molecular weight is 487 g/mol.